The summed E-state index contributed by atoms with van der Waals surface area (Å²) < 4.78 is 31.9. The average molecular weight is 356 g/mol. The first-order chi connectivity index (χ1) is 11.2. The van der Waals surface area contributed by atoms with E-state index in [0.717, 1.165) is 5.56 Å². The summed E-state index contributed by atoms with van der Waals surface area (Å²) in [6.45, 7) is 9.46. The van der Waals surface area contributed by atoms with E-state index in [9.17, 15) is 13.2 Å². The number of amides is 1. The van der Waals surface area contributed by atoms with Gasteiger partial charge in [0.25, 0.3) is 5.91 Å². The lowest BCUT2D eigenvalue weighted by Crippen LogP contribution is -2.26. The first-order valence-corrected chi connectivity index (χ1v) is 9.58. The molecule has 1 rings (SSSR count). The highest BCUT2D eigenvalue weighted by Crippen LogP contribution is 2.21. The zero-order valence-electron chi connectivity index (χ0n) is 15.1. The van der Waals surface area contributed by atoms with Crippen LogP contribution in [0.15, 0.2) is 17.0 Å². The molecule has 0 atom stereocenters. The van der Waals surface area contributed by atoms with Gasteiger partial charge in [0.1, 0.15) is 0 Å². The van der Waals surface area contributed by atoms with Gasteiger partial charge >= 0.3 is 0 Å². The topological polar surface area (TPSA) is 84.5 Å². The van der Waals surface area contributed by atoms with Gasteiger partial charge in [-0.25, -0.2) is 13.1 Å². The number of carbonyl (C=O) groups excluding carboxylic acids is 1. The fourth-order valence-corrected chi connectivity index (χ4v) is 3.21. The van der Waals surface area contributed by atoms with Crippen LogP contribution in [0.25, 0.3) is 0 Å². The Labute approximate surface area is 145 Å². The molecule has 0 saturated carbocycles. The predicted molar refractivity (Wildman–Crippen MR) is 94.8 cm³/mol. The van der Waals surface area contributed by atoms with Crippen molar-refractivity contribution in [2.45, 2.75) is 39.0 Å². The molecule has 0 bridgehead atoms. The Kier molecular flexibility index (Phi) is 7.86. The van der Waals surface area contributed by atoms with Crippen LogP contribution in [0.3, 0.4) is 0 Å². The Balaban J connectivity index is 2.72. The number of aryl methyl sites for hydroxylation is 1. The number of ether oxygens (including phenoxy) is 1. The van der Waals surface area contributed by atoms with Gasteiger partial charge in [-0.1, -0.05) is 13.8 Å². The SMILES string of the molecule is CNS(=O)(=O)c1cc(C(=O)NCCCOCC(C)C)cc(C)c1C. The molecule has 1 aromatic carbocycles. The Morgan fingerprint density at radius 1 is 1.25 bits per heavy atom. The maximum absolute atomic E-state index is 12.2. The average Bonchev–Trinajstić information content (AvgIpc) is 2.52. The van der Waals surface area contributed by atoms with Gasteiger partial charge < -0.3 is 10.1 Å². The molecule has 7 heteroatoms. The minimum absolute atomic E-state index is 0.135. The van der Waals surface area contributed by atoms with E-state index in [0.29, 0.717) is 43.2 Å². The van der Waals surface area contributed by atoms with Crippen molar-refractivity contribution in [3.8, 4) is 0 Å². The minimum atomic E-state index is -3.60. The lowest BCUT2D eigenvalue weighted by molar-refractivity contribution is 0.0924. The summed E-state index contributed by atoms with van der Waals surface area (Å²) in [7, 11) is -2.24. The van der Waals surface area contributed by atoms with Crippen molar-refractivity contribution in [2.24, 2.45) is 5.92 Å². The van der Waals surface area contributed by atoms with Gasteiger partial charge in [0, 0.05) is 25.3 Å². The molecule has 0 spiro atoms. The van der Waals surface area contributed by atoms with Crippen LogP contribution >= 0.6 is 0 Å². The Hall–Kier alpha value is -1.44. The van der Waals surface area contributed by atoms with E-state index in [1.54, 1.807) is 19.9 Å². The monoisotopic (exact) mass is 356 g/mol. The Morgan fingerprint density at radius 3 is 2.50 bits per heavy atom. The van der Waals surface area contributed by atoms with Gasteiger partial charge in [-0.05, 0) is 56.5 Å². The van der Waals surface area contributed by atoms with Gasteiger partial charge in [-0.2, -0.15) is 0 Å². The molecule has 2 N–H and O–H groups in total. The van der Waals surface area contributed by atoms with Crippen molar-refractivity contribution >= 4 is 15.9 Å². The van der Waals surface area contributed by atoms with E-state index in [-0.39, 0.29) is 10.8 Å². The molecule has 1 amide bonds. The van der Waals surface area contributed by atoms with Crippen molar-refractivity contribution < 1.29 is 17.9 Å². The number of rotatable bonds is 9. The van der Waals surface area contributed by atoms with E-state index < -0.39 is 10.0 Å². The molecule has 1 aromatic rings. The second kappa shape index (κ2) is 9.15. The van der Waals surface area contributed by atoms with Gasteiger partial charge in [0.05, 0.1) is 4.90 Å². The number of benzene rings is 1. The first-order valence-electron chi connectivity index (χ1n) is 8.09. The van der Waals surface area contributed by atoms with Gasteiger partial charge in [-0.15, -0.1) is 0 Å². The molecule has 0 aliphatic carbocycles. The molecule has 6 nitrogen and oxygen atoms in total. The number of nitrogens with one attached hydrogen (secondary N) is 2. The summed E-state index contributed by atoms with van der Waals surface area (Å²) in [5.74, 6) is 0.206. The van der Waals surface area contributed by atoms with E-state index >= 15 is 0 Å². The highest BCUT2D eigenvalue weighted by atomic mass is 32.2. The van der Waals surface area contributed by atoms with Crippen molar-refractivity contribution in [3.63, 3.8) is 0 Å². The summed E-state index contributed by atoms with van der Waals surface area (Å²) in [4.78, 5) is 12.4. The molecule has 136 valence electrons. The van der Waals surface area contributed by atoms with Crippen molar-refractivity contribution in [3.05, 3.63) is 28.8 Å². The van der Waals surface area contributed by atoms with Crippen LogP contribution in [0, 0.1) is 19.8 Å². The maximum Gasteiger partial charge on any atom is 0.251 e. The van der Waals surface area contributed by atoms with E-state index in [4.69, 9.17) is 4.74 Å². The van der Waals surface area contributed by atoms with Crippen LogP contribution in [0.2, 0.25) is 0 Å². The standard InChI is InChI=1S/C17H28N2O4S/c1-12(2)11-23-8-6-7-19-17(20)15-9-13(3)14(4)16(10-15)24(21,22)18-5/h9-10,12,18H,6-8,11H2,1-5H3,(H,19,20). The normalized spacial score (nSPS) is 11.8. The molecular weight excluding hydrogens is 328 g/mol. The number of sulfonamides is 1. The minimum Gasteiger partial charge on any atom is -0.381 e. The molecule has 0 aliphatic rings. The van der Waals surface area contributed by atoms with Crippen molar-refractivity contribution in [1.29, 1.82) is 0 Å². The van der Waals surface area contributed by atoms with E-state index in [1.807, 2.05) is 0 Å². The maximum atomic E-state index is 12.2. The fraction of sp³-hybridized carbons (Fsp3) is 0.588. The van der Waals surface area contributed by atoms with Crippen LogP contribution in [0.4, 0.5) is 0 Å². The number of hydrogen-bond acceptors (Lipinski definition) is 4. The second-order valence-corrected chi connectivity index (χ2v) is 8.06. The quantitative estimate of drug-likeness (QED) is 0.663. The molecule has 0 heterocycles. The molecule has 0 fully saturated rings. The van der Waals surface area contributed by atoms with Crippen molar-refractivity contribution in [2.75, 3.05) is 26.8 Å². The van der Waals surface area contributed by atoms with Crippen molar-refractivity contribution in [1.82, 2.24) is 10.0 Å². The smallest absolute Gasteiger partial charge is 0.251 e. The van der Waals surface area contributed by atoms with Crippen LogP contribution in [0.1, 0.15) is 41.8 Å². The molecular formula is C17H28N2O4S. The van der Waals surface area contributed by atoms with Crippen LogP contribution < -0.4 is 10.0 Å². The fourth-order valence-electron chi connectivity index (χ4n) is 2.14. The third kappa shape index (κ3) is 5.89. The summed E-state index contributed by atoms with van der Waals surface area (Å²) in [5.41, 5.74) is 1.75. The molecule has 0 aromatic heterocycles. The number of carbonyl (C=O) groups is 1. The van der Waals surface area contributed by atoms with Crippen LogP contribution in [-0.2, 0) is 14.8 Å². The summed E-state index contributed by atoms with van der Waals surface area (Å²) in [6.07, 6.45) is 0.713. The molecule has 0 aliphatic heterocycles. The van der Waals surface area contributed by atoms with Crippen LogP contribution in [-0.4, -0.2) is 41.1 Å². The first kappa shape index (κ1) is 20.6. The largest absolute Gasteiger partial charge is 0.381 e. The van der Waals surface area contributed by atoms with Crippen LogP contribution in [0.5, 0.6) is 0 Å². The molecule has 0 unspecified atom stereocenters. The zero-order valence-corrected chi connectivity index (χ0v) is 15.9. The highest BCUT2D eigenvalue weighted by molar-refractivity contribution is 7.89. The summed E-state index contributed by atoms with van der Waals surface area (Å²) >= 11 is 0. The Morgan fingerprint density at radius 2 is 1.92 bits per heavy atom. The summed E-state index contributed by atoms with van der Waals surface area (Å²) in [5, 5.41) is 2.80. The molecule has 24 heavy (non-hydrogen) atoms. The molecule has 0 saturated heterocycles. The predicted octanol–water partition coefficient (Wildman–Crippen LogP) is 2.00. The third-order valence-corrected chi connectivity index (χ3v) is 5.18. The van der Waals surface area contributed by atoms with E-state index in [2.05, 4.69) is 23.9 Å². The number of hydrogen-bond donors (Lipinski definition) is 2. The van der Waals surface area contributed by atoms with Gasteiger partial charge in [0.15, 0.2) is 0 Å². The highest BCUT2D eigenvalue weighted by Gasteiger charge is 2.19. The summed E-state index contributed by atoms with van der Waals surface area (Å²) in [6, 6.07) is 3.12. The lowest BCUT2D eigenvalue weighted by Gasteiger charge is -2.12. The molecule has 0 radical (unpaired) electrons. The lowest BCUT2D eigenvalue weighted by atomic mass is 10.1. The van der Waals surface area contributed by atoms with Gasteiger partial charge in [0.2, 0.25) is 10.0 Å². The van der Waals surface area contributed by atoms with Gasteiger partial charge in [-0.3, -0.25) is 4.79 Å². The third-order valence-electron chi connectivity index (χ3n) is 3.64. The van der Waals surface area contributed by atoms with E-state index in [1.165, 1.54) is 13.1 Å². The second-order valence-electron chi connectivity index (χ2n) is 6.20. The Bertz CT molecular complexity index is 669. The zero-order chi connectivity index (χ0) is 18.3.